The summed E-state index contributed by atoms with van der Waals surface area (Å²) in [6.45, 7) is 45.4. The van der Waals surface area contributed by atoms with Gasteiger partial charge < -0.3 is 16.6 Å². The summed E-state index contributed by atoms with van der Waals surface area (Å²) in [5, 5.41) is 17.2. The number of carboxylic acid groups (broad SMARTS) is 1. The molecule has 0 aromatic heterocycles. The Morgan fingerprint density at radius 1 is 0.458 bits per heavy atom. The summed E-state index contributed by atoms with van der Waals surface area (Å²) in [5.74, 6) is -0.797. The lowest BCUT2D eigenvalue weighted by molar-refractivity contribution is -0.142. The summed E-state index contributed by atoms with van der Waals surface area (Å²) >= 11 is 0. The van der Waals surface area contributed by atoms with Crippen LogP contribution < -0.4 is 11.5 Å². The molecule has 0 amide bonds. The molecule has 0 fully saturated rings. The molecule has 5 heteroatoms. The third kappa shape index (κ3) is 39.0. The van der Waals surface area contributed by atoms with Crippen molar-refractivity contribution >= 4 is 5.97 Å². The maximum atomic E-state index is 10.8. The number of hydrogen-bond donors (Lipinski definition) is 3. The Bertz CT molecular complexity index is 1300. The largest absolute Gasteiger partial charge is 0.481 e. The van der Waals surface area contributed by atoms with Crippen molar-refractivity contribution in [3.05, 3.63) is 144 Å². The van der Waals surface area contributed by atoms with Gasteiger partial charge in [0.2, 0.25) is 0 Å². The first-order chi connectivity index (χ1) is 28.3. The van der Waals surface area contributed by atoms with Crippen molar-refractivity contribution in [3.63, 3.8) is 0 Å². The van der Waals surface area contributed by atoms with Crippen molar-refractivity contribution < 1.29 is 9.90 Å². The highest BCUT2D eigenvalue weighted by molar-refractivity contribution is 5.80. The smallest absolute Gasteiger partial charge is 0.313 e. The molecule has 340 valence electrons. The first-order valence-electron chi connectivity index (χ1n) is 22.5. The van der Waals surface area contributed by atoms with Gasteiger partial charge in [0, 0.05) is 23.9 Å². The fourth-order valence-electron chi connectivity index (χ4n) is 3.68. The Hall–Kier alpha value is -4.24. The predicted molar refractivity (Wildman–Crippen MR) is 271 cm³/mol. The van der Waals surface area contributed by atoms with Gasteiger partial charge in [0.05, 0.1) is 17.9 Å². The summed E-state index contributed by atoms with van der Waals surface area (Å²) in [5.41, 5.74) is 15.2. The topological polar surface area (TPSA) is 113 Å². The number of hydrogen-bond acceptors (Lipinski definition) is 4. The highest BCUT2D eigenvalue weighted by Crippen LogP contribution is 2.23. The van der Waals surface area contributed by atoms with Crippen molar-refractivity contribution in [3.8, 4) is 6.07 Å². The van der Waals surface area contributed by atoms with E-state index in [9.17, 15) is 4.79 Å². The summed E-state index contributed by atoms with van der Waals surface area (Å²) in [6, 6.07) is 41.7. The molecular weight excluding hydrogens is 723 g/mol. The molecule has 0 bridgehead atoms. The van der Waals surface area contributed by atoms with Crippen LogP contribution in [0, 0.1) is 11.3 Å². The van der Waals surface area contributed by atoms with Crippen LogP contribution in [-0.4, -0.2) is 24.2 Å². The number of nitrogens with zero attached hydrogens (tertiary/aromatic N) is 1. The minimum absolute atomic E-state index is 0.112. The van der Waals surface area contributed by atoms with E-state index in [0.717, 1.165) is 11.1 Å². The Morgan fingerprint density at radius 3 is 0.881 bits per heavy atom. The Balaban J connectivity index is -0.0000000879. The van der Waals surface area contributed by atoms with E-state index in [1.165, 1.54) is 11.1 Å². The summed E-state index contributed by atoms with van der Waals surface area (Å²) in [6.07, 6.45) is 0.515. The molecule has 4 rings (SSSR count). The zero-order chi connectivity index (χ0) is 48.4. The standard InChI is InChI=1S/2C10H15N.C10H12O2.C8H7N.8C2H6/c2*1-10(2,8-11)9-6-4-3-5-7-9;1-10(2,9(11)12)8-6-4-3-5-7-8;9-7-6-8-4-2-1-3-5-8;8*1-2/h2*3-7H,8,11H2,1-2H3;3-7H,1-2H3,(H,11,12);1-5H,6H2;8*1-2H3. The molecule has 0 heterocycles. The molecule has 0 aliphatic heterocycles. The number of rotatable bonds is 7. The van der Waals surface area contributed by atoms with Crippen LogP contribution in [0.3, 0.4) is 0 Å². The highest BCUT2D eigenvalue weighted by Gasteiger charge is 2.28. The van der Waals surface area contributed by atoms with Crippen molar-refractivity contribution in [1.29, 1.82) is 5.26 Å². The Labute approximate surface area is 369 Å². The van der Waals surface area contributed by atoms with E-state index in [0.29, 0.717) is 19.5 Å². The van der Waals surface area contributed by atoms with E-state index in [1.807, 2.05) is 208 Å². The van der Waals surface area contributed by atoms with Gasteiger partial charge in [0.15, 0.2) is 0 Å². The molecule has 59 heavy (non-hydrogen) atoms. The predicted octanol–water partition coefficient (Wildman–Crippen LogP) is 15.9. The van der Waals surface area contributed by atoms with Crippen molar-refractivity contribution in [1.82, 2.24) is 0 Å². The van der Waals surface area contributed by atoms with E-state index in [1.54, 1.807) is 13.8 Å². The summed E-state index contributed by atoms with van der Waals surface area (Å²) in [7, 11) is 0. The Kier molecular flexibility index (Phi) is 66.0. The molecule has 0 saturated heterocycles. The summed E-state index contributed by atoms with van der Waals surface area (Å²) in [4.78, 5) is 10.8. The molecule has 0 aliphatic carbocycles. The van der Waals surface area contributed by atoms with E-state index < -0.39 is 11.4 Å². The van der Waals surface area contributed by atoms with Gasteiger partial charge in [-0.05, 0) is 36.1 Å². The van der Waals surface area contributed by atoms with Gasteiger partial charge in [0.25, 0.3) is 0 Å². The fraction of sp³-hybridized carbons (Fsp3) is 0.519. The van der Waals surface area contributed by atoms with Crippen molar-refractivity contribution in [2.45, 2.75) is 175 Å². The molecule has 5 N–H and O–H groups in total. The number of aliphatic carboxylic acids is 1. The van der Waals surface area contributed by atoms with Gasteiger partial charge in [-0.1, -0.05) is 260 Å². The maximum absolute atomic E-state index is 10.8. The minimum Gasteiger partial charge on any atom is -0.481 e. The maximum Gasteiger partial charge on any atom is 0.313 e. The molecule has 0 saturated carbocycles. The average molecular weight is 820 g/mol. The van der Waals surface area contributed by atoms with Crippen molar-refractivity contribution in [2.24, 2.45) is 11.5 Å². The lowest BCUT2D eigenvalue weighted by atomic mass is 9.85. The van der Waals surface area contributed by atoms with Crippen LogP contribution in [0.5, 0.6) is 0 Å². The van der Waals surface area contributed by atoms with Crippen LogP contribution in [0.4, 0.5) is 0 Å². The quantitative estimate of drug-likeness (QED) is 0.172. The molecule has 5 nitrogen and oxygen atoms in total. The molecule has 4 aromatic rings. The van der Waals surface area contributed by atoms with E-state index in [2.05, 4.69) is 58.0 Å². The van der Waals surface area contributed by atoms with Gasteiger partial charge in [-0.25, -0.2) is 0 Å². The van der Waals surface area contributed by atoms with Gasteiger partial charge in [-0.15, -0.1) is 0 Å². The molecule has 0 spiro atoms. The van der Waals surface area contributed by atoms with E-state index in [4.69, 9.17) is 21.8 Å². The van der Waals surface area contributed by atoms with E-state index >= 15 is 0 Å². The number of benzene rings is 4. The third-order valence-electron chi connectivity index (χ3n) is 7.29. The van der Waals surface area contributed by atoms with Gasteiger partial charge in [0.1, 0.15) is 0 Å². The number of carbonyl (C=O) groups is 1. The van der Waals surface area contributed by atoms with Gasteiger partial charge >= 0.3 is 5.97 Å². The van der Waals surface area contributed by atoms with Crippen LogP contribution >= 0.6 is 0 Å². The fourth-order valence-corrected chi connectivity index (χ4v) is 3.68. The van der Waals surface area contributed by atoms with E-state index in [-0.39, 0.29) is 10.8 Å². The lowest BCUT2D eigenvalue weighted by Crippen LogP contribution is -2.28. The molecule has 0 unspecified atom stereocenters. The van der Waals surface area contributed by atoms with Crippen molar-refractivity contribution in [2.75, 3.05) is 13.1 Å². The molecule has 0 aliphatic rings. The molecule has 0 atom stereocenters. The SMILES string of the molecule is CC.CC.CC.CC.CC.CC.CC.CC.CC(C)(C(=O)O)c1ccccc1.CC(C)(CN)c1ccccc1.CC(C)(CN)c1ccccc1.N#CCc1ccccc1. The van der Waals surface area contributed by atoms with Crippen LogP contribution in [0.25, 0.3) is 0 Å². The van der Waals surface area contributed by atoms with Crippen LogP contribution in [0.1, 0.15) is 175 Å². The zero-order valence-corrected chi connectivity index (χ0v) is 42.6. The number of nitriles is 1. The molecule has 0 radical (unpaired) electrons. The first kappa shape index (κ1) is 72.4. The average Bonchev–Trinajstić information content (AvgIpc) is 3.33. The van der Waals surface area contributed by atoms with Crippen LogP contribution in [-0.2, 0) is 27.5 Å². The molecule has 4 aromatic carbocycles. The highest BCUT2D eigenvalue weighted by atomic mass is 16.4. The summed E-state index contributed by atoms with van der Waals surface area (Å²) < 4.78 is 0. The second-order valence-corrected chi connectivity index (χ2v) is 12.0. The third-order valence-corrected chi connectivity index (χ3v) is 7.29. The number of carboxylic acids is 1. The minimum atomic E-state index is -0.797. The normalized spacial score (nSPS) is 8.66. The lowest BCUT2D eigenvalue weighted by Gasteiger charge is -2.22. The first-order valence-corrected chi connectivity index (χ1v) is 22.5. The molecular formula is C54H97N3O2. The van der Waals surface area contributed by atoms with Gasteiger partial charge in [-0.2, -0.15) is 5.26 Å². The van der Waals surface area contributed by atoms with Crippen LogP contribution in [0.15, 0.2) is 121 Å². The second-order valence-electron chi connectivity index (χ2n) is 12.0. The Morgan fingerprint density at radius 2 is 0.678 bits per heavy atom. The van der Waals surface area contributed by atoms with Crippen LogP contribution in [0.2, 0.25) is 0 Å². The zero-order valence-electron chi connectivity index (χ0n) is 42.6. The monoisotopic (exact) mass is 820 g/mol. The number of nitrogens with two attached hydrogens (primary N) is 2. The van der Waals surface area contributed by atoms with Gasteiger partial charge in [-0.3, -0.25) is 4.79 Å². The second kappa shape index (κ2) is 53.8.